The lowest BCUT2D eigenvalue weighted by Crippen LogP contribution is -2.44. The first-order valence-electron chi connectivity index (χ1n) is 11.7. The minimum Gasteiger partial charge on any atom is -0.465 e. The monoisotopic (exact) mass is 525 g/mol. The molecular formula is C24H31N9O5. The van der Waals surface area contributed by atoms with Crippen LogP contribution < -0.4 is 21.1 Å². The van der Waals surface area contributed by atoms with Crippen molar-refractivity contribution in [1.29, 1.82) is 0 Å². The number of fused-ring (bicyclic) bond motifs is 1. The number of carbonyl (C=O) groups excluding carboxylic acids is 2. The predicted octanol–water partition coefficient (Wildman–Crippen LogP) is 0.937. The molecule has 4 N–H and O–H groups in total. The van der Waals surface area contributed by atoms with E-state index >= 15 is 0 Å². The SMILES string of the molecule is Cc1nc(N(C)C)c2nc(Cn3cccc(NC(=O)C(CC/C=C/C(=O)N(C)C)NC(=O)O)c3=O)[nH]c2n1. The Hall–Kier alpha value is -4.75. The molecule has 1 unspecified atom stereocenters. The molecule has 3 aromatic rings. The third-order valence-electron chi connectivity index (χ3n) is 5.45. The summed E-state index contributed by atoms with van der Waals surface area (Å²) in [6.45, 7) is 1.85. The fraction of sp³-hybridized carbons (Fsp3) is 0.375. The van der Waals surface area contributed by atoms with Crippen molar-refractivity contribution >= 4 is 40.6 Å². The number of carboxylic acid groups (broad SMARTS) is 1. The number of nitrogens with one attached hydrogen (secondary N) is 3. The Morgan fingerprint density at radius 3 is 2.58 bits per heavy atom. The van der Waals surface area contributed by atoms with Crippen molar-refractivity contribution in [3.8, 4) is 0 Å². The van der Waals surface area contributed by atoms with Gasteiger partial charge < -0.3 is 35.1 Å². The summed E-state index contributed by atoms with van der Waals surface area (Å²) in [6.07, 6.45) is 3.42. The zero-order valence-corrected chi connectivity index (χ0v) is 21.8. The molecule has 3 rings (SSSR count). The summed E-state index contributed by atoms with van der Waals surface area (Å²) in [5, 5.41) is 13.8. The molecule has 0 saturated heterocycles. The van der Waals surface area contributed by atoms with E-state index in [0.29, 0.717) is 28.6 Å². The van der Waals surface area contributed by atoms with Gasteiger partial charge in [-0.15, -0.1) is 0 Å². The van der Waals surface area contributed by atoms with Gasteiger partial charge in [-0.3, -0.25) is 14.4 Å². The second kappa shape index (κ2) is 12.0. The Morgan fingerprint density at radius 2 is 1.92 bits per heavy atom. The molecule has 0 aliphatic heterocycles. The van der Waals surface area contributed by atoms with Crippen LogP contribution in [0.5, 0.6) is 0 Å². The fourth-order valence-electron chi connectivity index (χ4n) is 3.58. The number of anilines is 2. The Balaban J connectivity index is 1.77. The third kappa shape index (κ3) is 6.93. The normalized spacial score (nSPS) is 11.9. The van der Waals surface area contributed by atoms with Crippen LogP contribution in [0.25, 0.3) is 11.2 Å². The molecule has 0 saturated carbocycles. The van der Waals surface area contributed by atoms with E-state index in [9.17, 15) is 19.2 Å². The summed E-state index contributed by atoms with van der Waals surface area (Å²) in [5.41, 5.74) is 0.588. The number of pyridine rings is 1. The molecule has 0 bridgehead atoms. The number of likely N-dealkylation sites (N-methyl/N-ethyl adjacent to an activating group) is 1. The van der Waals surface area contributed by atoms with Gasteiger partial charge in [0, 0.05) is 34.4 Å². The number of allylic oxidation sites excluding steroid dienone is 1. The molecule has 0 radical (unpaired) electrons. The van der Waals surface area contributed by atoms with Crippen molar-refractivity contribution < 1.29 is 19.5 Å². The van der Waals surface area contributed by atoms with Crippen LogP contribution in [0.2, 0.25) is 0 Å². The molecule has 0 aromatic carbocycles. The van der Waals surface area contributed by atoms with Crippen molar-refractivity contribution in [2.45, 2.75) is 32.4 Å². The summed E-state index contributed by atoms with van der Waals surface area (Å²) in [7, 11) is 6.90. The molecule has 3 heterocycles. The average Bonchev–Trinajstić information content (AvgIpc) is 3.24. The highest BCUT2D eigenvalue weighted by Gasteiger charge is 2.21. The van der Waals surface area contributed by atoms with Crippen molar-refractivity contribution in [3.05, 3.63) is 52.5 Å². The van der Waals surface area contributed by atoms with E-state index in [1.165, 1.54) is 21.6 Å². The first-order valence-corrected chi connectivity index (χ1v) is 11.7. The zero-order chi connectivity index (χ0) is 28.0. The molecule has 38 heavy (non-hydrogen) atoms. The second-order valence-corrected chi connectivity index (χ2v) is 8.93. The van der Waals surface area contributed by atoms with E-state index in [0.717, 1.165) is 0 Å². The van der Waals surface area contributed by atoms with Crippen LogP contribution in [0.4, 0.5) is 16.3 Å². The van der Waals surface area contributed by atoms with Crippen LogP contribution in [0.15, 0.2) is 35.3 Å². The highest BCUT2D eigenvalue weighted by molar-refractivity contribution is 5.96. The highest BCUT2D eigenvalue weighted by Crippen LogP contribution is 2.20. The van der Waals surface area contributed by atoms with Crippen LogP contribution in [0.3, 0.4) is 0 Å². The lowest BCUT2D eigenvalue weighted by atomic mass is 10.1. The quantitative estimate of drug-likeness (QED) is 0.280. The maximum Gasteiger partial charge on any atom is 0.405 e. The van der Waals surface area contributed by atoms with Crippen LogP contribution in [-0.2, 0) is 16.1 Å². The third-order valence-corrected chi connectivity index (χ3v) is 5.45. The molecule has 0 fully saturated rings. The molecule has 202 valence electrons. The standard InChI is InChI=1S/C24H31N9O5/c1-14-25-20-19(21(26-14)32(4)5)29-17(30-20)13-33-12-8-10-16(23(33)36)27-22(35)15(28-24(37)38)9-6-7-11-18(34)31(2)3/h7-8,10-12,15,28H,6,9,13H2,1-5H3,(H,27,35)(H,37,38)(H,25,26,29,30)/b11-7+. The smallest absolute Gasteiger partial charge is 0.405 e. The van der Waals surface area contributed by atoms with Crippen LogP contribution in [0.1, 0.15) is 24.5 Å². The van der Waals surface area contributed by atoms with E-state index in [1.54, 1.807) is 39.4 Å². The maximum atomic E-state index is 13.1. The van der Waals surface area contributed by atoms with Gasteiger partial charge in [0.2, 0.25) is 11.8 Å². The van der Waals surface area contributed by atoms with Gasteiger partial charge in [-0.25, -0.2) is 19.7 Å². The number of imidazole rings is 1. The van der Waals surface area contributed by atoms with Gasteiger partial charge in [-0.1, -0.05) is 6.08 Å². The van der Waals surface area contributed by atoms with Crippen molar-refractivity contribution in [3.63, 3.8) is 0 Å². The zero-order valence-electron chi connectivity index (χ0n) is 21.8. The van der Waals surface area contributed by atoms with E-state index in [1.807, 2.05) is 19.0 Å². The van der Waals surface area contributed by atoms with Gasteiger partial charge in [0.05, 0.1) is 6.54 Å². The van der Waals surface area contributed by atoms with Crippen molar-refractivity contribution in [2.24, 2.45) is 0 Å². The van der Waals surface area contributed by atoms with Gasteiger partial charge in [-0.2, -0.15) is 0 Å². The van der Waals surface area contributed by atoms with Gasteiger partial charge in [-0.05, 0) is 38.0 Å². The number of aryl methyl sites for hydroxylation is 1. The number of carbonyl (C=O) groups is 3. The number of nitrogens with zero attached hydrogens (tertiary/aromatic N) is 6. The van der Waals surface area contributed by atoms with Gasteiger partial charge in [0.25, 0.3) is 5.56 Å². The second-order valence-electron chi connectivity index (χ2n) is 8.93. The molecular weight excluding hydrogens is 494 g/mol. The minimum atomic E-state index is -1.38. The number of aromatic nitrogens is 5. The lowest BCUT2D eigenvalue weighted by Gasteiger charge is -2.16. The molecule has 0 spiro atoms. The Labute approximate surface area is 218 Å². The molecule has 14 heteroatoms. The largest absolute Gasteiger partial charge is 0.465 e. The highest BCUT2D eigenvalue weighted by atomic mass is 16.4. The van der Waals surface area contributed by atoms with E-state index < -0.39 is 23.6 Å². The number of amides is 3. The van der Waals surface area contributed by atoms with Crippen molar-refractivity contribution in [2.75, 3.05) is 38.4 Å². The Bertz CT molecular complexity index is 1420. The molecule has 14 nitrogen and oxygen atoms in total. The first kappa shape index (κ1) is 27.8. The molecule has 0 aliphatic carbocycles. The van der Waals surface area contributed by atoms with E-state index in [2.05, 4.69) is 30.6 Å². The van der Waals surface area contributed by atoms with E-state index in [-0.39, 0.29) is 31.0 Å². The molecule has 3 aromatic heterocycles. The Kier molecular flexibility index (Phi) is 8.78. The van der Waals surface area contributed by atoms with E-state index in [4.69, 9.17) is 5.11 Å². The fourth-order valence-corrected chi connectivity index (χ4v) is 3.58. The summed E-state index contributed by atoms with van der Waals surface area (Å²) < 4.78 is 1.36. The number of aromatic amines is 1. The molecule has 1 atom stereocenters. The van der Waals surface area contributed by atoms with Gasteiger partial charge in [0.15, 0.2) is 17.0 Å². The lowest BCUT2D eigenvalue weighted by molar-refractivity contribution is -0.123. The van der Waals surface area contributed by atoms with Crippen molar-refractivity contribution in [1.82, 2.24) is 34.7 Å². The summed E-state index contributed by atoms with van der Waals surface area (Å²) in [6, 6.07) is 1.88. The van der Waals surface area contributed by atoms with Crippen LogP contribution in [0, 0.1) is 6.92 Å². The van der Waals surface area contributed by atoms with Crippen LogP contribution >= 0.6 is 0 Å². The van der Waals surface area contributed by atoms with Gasteiger partial charge >= 0.3 is 6.09 Å². The molecule has 3 amide bonds. The Morgan fingerprint density at radius 1 is 1.18 bits per heavy atom. The number of H-pyrrole nitrogens is 1. The van der Waals surface area contributed by atoms with Crippen LogP contribution in [-0.4, -0.2) is 86.6 Å². The van der Waals surface area contributed by atoms with Gasteiger partial charge in [0.1, 0.15) is 23.4 Å². The molecule has 0 aliphatic rings. The first-order chi connectivity index (χ1) is 18.0. The minimum absolute atomic E-state index is 0.0197. The summed E-state index contributed by atoms with van der Waals surface area (Å²) in [5.74, 6) is 0.758. The predicted molar refractivity (Wildman–Crippen MR) is 141 cm³/mol. The maximum absolute atomic E-state index is 13.1. The number of hydrogen-bond acceptors (Lipinski definition) is 8. The summed E-state index contributed by atoms with van der Waals surface area (Å²) in [4.78, 5) is 68.4. The number of rotatable bonds is 10. The average molecular weight is 526 g/mol. The summed E-state index contributed by atoms with van der Waals surface area (Å²) >= 11 is 0. The number of hydrogen-bond donors (Lipinski definition) is 4. The topological polar surface area (TPSA) is 178 Å².